The lowest BCUT2D eigenvalue weighted by atomic mass is 10.1. The van der Waals surface area contributed by atoms with Gasteiger partial charge in [-0.3, -0.25) is 19.0 Å². The van der Waals surface area contributed by atoms with Crippen molar-refractivity contribution in [1.82, 2.24) is 20.1 Å². The number of alkyl carbamates (subject to hydrolysis) is 2. The second-order valence-electron chi connectivity index (χ2n) is 12.7. The SMILES string of the molecule is CC(C)(C)OC(=O)NC(Cc1ccccc1)C(=O)NS(=O)(=O)CCCS(=O)(=O)NC(=O)C(Cc1ccccc1)NC(=O)OC(C)(C)C. The van der Waals surface area contributed by atoms with Crippen LogP contribution in [0.3, 0.4) is 0 Å². The number of hydrogen-bond donors (Lipinski definition) is 4. The van der Waals surface area contributed by atoms with E-state index in [-0.39, 0.29) is 12.8 Å². The Morgan fingerprint density at radius 3 is 1.21 bits per heavy atom. The van der Waals surface area contributed by atoms with E-state index in [1.165, 1.54) is 0 Å². The minimum Gasteiger partial charge on any atom is -0.444 e. The van der Waals surface area contributed by atoms with Crippen molar-refractivity contribution in [1.29, 1.82) is 0 Å². The Morgan fingerprint density at radius 2 is 0.915 bits per heavy atom. The van der Waals surface area contributed by atoms with Crippen molar-refractivity contribution in [3.05, 3.63) is 71.8 Å². The maximum absolute atomic E-state index is 13.0. The molecular formula is C31H44N4O10S2. The summed E-state index contributed by atoms with van der Waals surface area (Å²) in [6, 6.07) is 14.5. The van der Waals surface area contributed by atoms with E-state index in [2.05, 4.69) is 10.6 Å². The summed E-state index contributed by atoms with van der Waals surface area (Å²) in [4.78, 5) is 50.7. The molecule has 2 aromatic rings. The number of nitrogens with one attached hydrogen (secondary N) is 4. The van der Waals surface area contributed by atoms with Gasteiger partial charge in [-0.2, -0.15) is 0 Å². The highest BCUT2D eigenvalue weighted by Crippen LogP contribution is 2.11. The summed E-state index contributed by atoms with van der Waals surface area (Å²) in [5.74, 6) is -3.68. The Balaban J connectivity index is 2.05. The van der Waals surface area contributed by atoms with E-state index in [0.29, 0.717) is 11.1 Å². The van der Waals surface area contributed by atoms with Crippen molar-refractivity contribution >= 4 is 44.0 Å². The average Bonchev–Trinajstić information content (AvgIpc) is 2.90. The van der Waals surface area contributed by atoms with E-state index >= 15 is 0 Å². The highest BCUT2D eigenvalue weighted by Gasteiger charge is 2.30. The van der Waals surface area contributed by atoms with Gasteiger partial charge < -0.3 is 20.1 Å². The highest BCUT2D eigenvalue weighted by atomic mass is 32.2. The third-order valence-corrected chi connectivity index (χ3v) is 8.60. The van der Waals surface area contributed by atoms with Crippen LogP contribution in [0.2, 0.25) is 0 Å². The lowest BCUT2D eigenvalue weighted by molar-refractivity contribution is -0.122. The van der Waals surface area contributed by atoms with Crippen molar-refractivity contribution < 1.29 is 45.5 Å². The van der Waals surface area contributed by atoms with Crippen LogP contribution in [0.5, 0.6) is 0 Å². The van der Waals surface area contributed by atoms with E-state index in [9.17, 15) is 36.0 Å². The normalized spacial score (nSPS) is 13.4. The van der Waals surface area contributed by atoms with Crippen molar-refractivity contribution in [2.45, 2.75) is 84.1 Å². The molecule has 0 aromatic heterocycles. The summed E-state index contributed by atoms with van der Waals surface area (Å²) < 4.78 is 65.1. The number of carbonyl (C=O) groups excluding carboxylic acids is 4. The largest absolute Gasteiger partial charge is 0.444 e. The molecule has 0 saturated heterocycles. The van der Waals surface area contributed by atoms with Crippen LogP contribution in [0.25, 0.3) is 0 Å². The smallest absolute Gasteiger partial charge is 0.408 e. The number of hydrogen-bond acceptors (Lipinski definition) is 10. The van der Waals surface area contributed by atoms with E-state index < -0.39 is 85.3 Å². The molecule has 2 unspecified atom stereocenters. The fourth-order valence-corrected chi connectivity index (χ4v) is 6.34. The molecule has 0 saturated carbocycles. The molecule has 0 aliphatic carbocycles. The first-order valence-corrected chi connectivity index (χ1v) is 18.1. The monoisotopic (exact) mass is 696 g/mol. The van der Waals surface area contributed by atoms with Crippen LogP contribution in [-0.4, -0.2) is 75.6 Å². The Morgan fingerprint density at radius 1 is 0.596 bits per heavy atom. The minimum absolute atomic E-state index is 0.0523. The third-order valence-electron chi connectivity index (χ3n) is 5.92. The van der Waals surface area contributed by atoms with Gasteiger partial charge >= 0.3 is 12.2 Å². The molecule has 0 spiro atoms. The van der Waals surface area contributed by atoms with Crippen LogP contribution in [0.1, 0.15) is 59.1 Å². The summed E-state index contributed by atoms with van der Waals surface area (Å²) >= 11 is 0. The van der Waals surface area contributed by atoms with Crippen LogP contribution < -0.4 is 20.1 Å². The maximum Gasteiger partial charge on any atom is 0.408 e. The topological polar surface area (TPSA) is 203 Å². The molecule has 0 radical (unpaired) electrons. The Bertz CT molecular complexity index is 1470. The molecule has 4 N–H and O–H groups in total. The number of carbonyl (C=O) groups is 4. The molecule has 0 aliphatic heterocycles. The van der Waals surface area contributed by atoms with Crippen LogP contribution in [0.4, 0.5) is 9.59 Å². The van der Waals surface area contributed by atoms with Gasteiger partial charge in [0.25, 0.3) is 11.8 Å². The second kappa shape index (κ2) is 16.6. The van der Waals surface area contributed by atoms with Crippen LogP contribution >= 0.6 is 0 Å². The Hall–Kier alpha value is -4.18. The first kappa shape index (κ1) is 39.0. The molecule has 2 rings (SSSR count). The van der Waals surface area contributed by atoms with Gasteiger partial charge in [-0.05, 0) is 59.1 Å². The van der Waals surface area contributed by atoms with Gasteiger partial charge in [0.1, 0.15) is 23.3 Å². The number of sulfonamides is 2. The summed E-state index contributed by atoms with van der Waals surface area (Å²) in [6.07, 6.45) is -2.46. The Kier molecular flexibility index (Phi) is 13.8. The van der Waals surface area contributed by atoms with Gasteiger partial charge in [0, 0.05) is 12.8 Å². The number of rotatable bonds is 14. The highest BCUT2D eigenvalue weighted by molar-refractivity contribution is 7.91. The van der Waals surface area contributed by atoms with E-state index in [1.54, 1.807) is 102 Å². The van der Waals surface area contributed by atoms with Crippen molar-refractivity contribution in [2.75, 3.05) is 11.5 Å². The molecule has 260 valence electrons. The molecule has 14 nitrogen and oxygen atoms in total. The fraction of sp³-hybridized carbons (Fsp3) is 0.484. The van der Waals surface area contributed by atoms with Gasteiger partial charge in [0.2, 0.25) is 20.0 Å². The van der Waals surface area contributed by atoms with Crippen molar-refractivity contribution in [3.8, 4) is 0 Å². The molecule has 0 heterocycles. The van der Waals surface area contributed by atoms with Crippen LogP contribution in [0, 0.1) is 0 Å². The maximum atomic E-state index is 13.0. The zero-order valence-corrected chi connectivity index (χ0v) is 29.0. The van der Waals surface area contributed by atoms with Gasteiger partial charge in [-0.1, -0.05) is 60.7 Å². The quantitative estimate of drug-likeness (QED) is 0.227. The lowest BCUT2D eigenvalue weighted by Crippen LogP contribution is -2.51. The fourth-order valence-electron chi connectivity index (χ4n) is 4.01. The first-order chi connectivity index (χ1) is 21.6. The van der Waals surface area contributed by atoms with Gasteiger partial charge in [0.15, 0.2) is 0 Å². The van der Waals surface area contributed by atoms with Crippen molar-refractivity contribution in [3.63, 3.8) is 0 Å². The summed E-state index contributed by atoms with van der Waals surface area (Å²) in [7, 11) is -8.75. The molecule has 2 aromatic carbocycles. The number of ether oxygens (including phenoxy) is 2. The van der Waals surface area contributed by atoms with E-state index in [1.807, 2.05) is 9.44 Å². The molecule has 16 heteroatoms. The molecule has 4 amide bonds. The van der Waals surface area contributed by atoms with E-state index in [4.69, 9.17) is 9.47 Å². The second-order valence-corrected chi connectivity index (χ2v) is 16.4. The first-order valence-electron chi connectivity index (χ1n) is 14.8. The van der Waals surface area contributed by atoms with Crippen LogP contribution in [-0.2, 0) is 52.0 Å². The van der Waals surface area contributed by atoms with Crippen molar-refractivity contribution in [2.24, 2.45) is 0 Å². The molecule has 0 bridgehead atoms. The number of benzene rings is 2. The predicted molar refractivity (Wildman–Crippen MR) is 175 cm³/mol. The van der Waals surface area contributed by atoms with Crippen LogP contribution in [0.15, 0.2) is 60.7 Å². The van der Waals surface area contributed by atoms with E-state index in [0.717, 1.165) is 0 Å². The third kappa shape index (κ3) is 16.3. The predicted octanol–water partition coefficient (Wildman–Crippen LogP) is 2.54. The average molecular weight is 697 g/mol. The van der Waals surface area contributed by atoms with Gasteiger partial charge in [-0.25, -0.2) is 26.4 Å². The standard InChI is InChI=1S/C31H44N4O10S2/c1-30(2,3)44-28(38)32-24(20-22-14-9-7-10-15-22)26(36)34-46(40,41)18-13-19-47(42,43)35-27(37)25(21-23-16-11-8-12-17-23)33-29(39)45-31(4,5)6/h7-12,14-17,24-25H,13,18-21H2,1-6H3,(H,32,38)(H,33,39)(H,34,36)(H,35,37). The summed E-state index contributed by atoms with van der Waals surface area (Å²) in [5, 5.41) is 4.76. The summed E-state index contributed by atoms with van der Waals surface area (Å²) in [5.41, 5.74) is -0.486. The van der Waals surface area contributed by atoms with Gasteiger partial charge in [-0.15, -0.1) is 0 Å². The summed E-state index contributed by atoms with van der Waals surface area (Å²) in [6.45, 7) is 9.75. The molecular weight excluding hydrogens is 652 g/mol. The lowest BCUT2D eigenvalue weighted by Gasteiger charge is -2.23. The minimum atomic E-state index is -4.37. The zero-order valence-electron chi connectivity index (χ0n) is 27.4. The Labute approximate surface area is 276 Å². The van der Waals surface area contributed by atoms with Gasteiger partial charge in [0.05, 0.1) is 11.5 Å². The molecule has 2 atom stereocenters. The zero-order chi connectivity index (χ0) is 35.5. The molecule has 0 aliphatic rings. The molecule has 0 fully saturated rings. The number of amides is 4. The molecule has 47 heavy (non-hydrogen) atoms.